The standard InChI is InChI=1S/C25H21F3N4O3/c26-25(27,28)19-8-4-7-18(15-19)20-9-10-21(34-20)24(33)32-13-11-31(12-14-32)16-22-29-23(30-35-22)17-5-2-1-3-6-17/h1-10,15H,11-14,16H2. The van der Waals surface area contributed by atoms with Crippen LogP contribution < -0.4 is 0 Å². The van der Waals surface area contributed by atoms with Crippen LogP contribution in [0.25, 0.3) is 22.7 Å². The first-order chi connectivity index (χ1) is 16.9. The highest BCUT2D eigenvalue weighted by Crippen LogP contribution is 2.32. The fourth-order valence-corrected chi connectivity index (χ4v) is 3.94. The number of benzene rings is 2. The minimum Gasteiger partial charge on any atom is -0.451 e. The van der Waals surface area contributed by atoms with Gasteiger partial charge in [0.25, 0.3) is 5.91 Å². The van der Waals surface area contributed by atoms with Crippen LogP contribution in [0.2, 0.25) is 0 Å². The van der Waals surface area contributed by atoms with Crippen molar-refractivity contribution in [1.29, 1.82) is 0 Å². The van der Waals surface area contributed by atoms with E-state index in [4.69, 9.17) is 8.94 Å². The molecule has 0 aliphatic carbocycles. The third kappa shape index (κ3) is 5.12. The Morgan fingerprint density at radius 2 is 1.66 bits per heavy atom. The highest BCUT2D eigenvalue weighted by atomic mass is 19.4. The molecule has 35 heavy (non-hydrogen) atoms. The number of aromatic nitrogens is 2. The van der Waals surface area contributed by atoms with E-state index in [0.29, 0.717) is 44.4 Å². The molecule has 180 valence electrons. The monoisotopic (exact) mass is 482 g/mol. The Bertz CT molecular complexity index is 1310. The molecule has 3 heterocycles. The fourth-order valence-electron chi connectivity index (χ4n) is 3.94. The van der Waals surface area contributed by atoms with Gasteiger partial charge in [0.2, 0.25) is 11.7 Å². The second-order valence-electron chi connectivity index (χ2n) is 8.19. The van der Waals surface area contributed by atoms with E-state index < -0.39 is 11.7 Å². The van der Waals surface area contributed by atoms with Crippen molar-refractivity contribution in [2.45, 2.75) is 12.7 Å². The molecule has 1 amide bonds. The minimum absolute atomic E-state index is 0.0928. The number of carbonyl (C=O) groups excluding carboxylic acids is 1. The average molecular weight is 482 g/mol. The first kappa shape index (κ1) is 22.9. The largest absolute Gasteiger partial charge is 0.451 e. The van der Waals surface area contributed by atoms with Crippen LogP contribution in [0.15, 0.2) is 75.7 Å². The molecule has 0 bridgehead atoms. The van der Waals surface area contributed by atoms with Gasteiger partial charge in [-0.2, -0.15) is 18.2 Å². The van der Waals surface area contributed by atoms with Gasteiger partial charge in [-0.1, -0.05) is 47.6 Å². The highest BCUT2D eigenvalue weighted by molar-refractivity contribution is 5.92. The Kier molecular flexibility index (Phi) is 6.12. The zero-order chi connectivity index (χ0) is 24.4. The second kappa shape index (κ2) is 9.38. The number of rotatable bonds is 5. The molecule has 2 aromatic carbocycles. The lowest BCUT2D eigenvalue weighted by atomic mass is 10.1. The van der Waals surface area contributed by atoms with Gasteiger partial charge in [-0.3, -0.25) is 9.69 Å². The summed E-state index contributed by atoms with van der Waals surface area (Å²) in [5, 5.41) is 4.03. The molecule has 0 N–H and O–H groups in total. The number of nitrogens with zero attached hydrogens (tertiary/aromatic N) is 4. The predicted molar refractivity (Wildman–Crippen MR) is 120 cm³/mol. The molecule has 0 radical (unpaired) electrons. The number of halogens is 3. The van der Waals surface area contributed by atoms with E-state index in [-0.39, 0.29) is 23.0 Å². The van der Waals surface area contributed by atoms with Gasteiger partial charge in [-0.05, 0) is 24.3 Å². The quantitative estimate of drug-likeness (QED) is 0.400. The summed E-state index contributed by atoms with van der Waals surface area (Å²) in [5.41, 5.74) is 0.367. The van der Waals surface area contributed by atoms with Crippen molar-refractivity contribution >= 4 is 5.91 Å². The Balaban J connectivity index is 1.18. The first-order valence-corrected chi connectivity index (χ1v) is 11.0. The van der Waals surface area contributed by atoms with Crippen LogP contribution in [0, 0.1) is 0 Å². The number of hydrogen-bond acceptors (Lipinski definition) is 6. The van der Waals surface area contributed by atoms with Crippen molar-refractivity contribution < 1.29 is 26.9 Å². The fraction of sp³-hybridized carbons (Fsp3) is 0.240. The van der Waals surface area contributed by atoms with Crippen LogP contribution in [0.1, 0.15) is 22.0 Å². The van der Waals surface area contributed by atoms with Gasteiger partial charge in [0.1, 0.15) is 5.76 Å². The SMILES string of the molecule is O=C(c1ccc(-c2cccc(C(F)(F)F)c2)o1)N1CCN(Cc2nc(-c3ccccc3)no2)CC1. The molecule has 1 aliphatic rings. The topological polar surface area (TPSA) is 75.6 Å². The van der Waals surface area contributed by atoms with Crippen LogP contribution >= 0.6 is 0 Å². The van der Waals surface area contributed by atoms with Crippen molar-refractivity contribution in [2.75, 3.05) is 26.2 Å². The summed E-state index contributed by atoms with van der Waals surface area (Å²) >= 11 is 0. The summed E-state index contributed by atoms with van der Waals surface area (Å²) in [5.74, 6) is 1.04. The molecule has 1 aliphatic heterocycles. The van der Waals surface area contributed by atoms with Gasteiger partial charge < -0.3 is 13.8 Å². The summed E-state index contributed by atoms with van der Waals surface area (Å²) in [6.07, 6.45) is -4.45. The maximum Gasteiger partial charge on any atom is 0.416 e. The molecule has 1 fully saturated rings. The number of furan rings is 1. The van der Waals surface area contributed by atoms with E-state index in [9.17, 15) is 18.0 Å². The van der Waals surface area contributed by atoms with Crippen LogP contribution in [-0.2, 0) is 12.7 Å². The van der Waals surface area contributed by atoms with Crippen LogP contribution in [0.3, 0.4) is 0 Å². The summed E-state index contributed by atoms with van der Waals surface area (Å²) in [6, 6.07) is 17.4. The Morgan fingerprint density at radius 3 is 2.40 bits per heavy atom. The second-order valence-corrected chi connectivity index (χ2v) is 8.19. The van der Waals surface area contributed by atoms with Crippen LogP contribution in [0.4, 0.5) is 13.2 Å². The Morgan fingerprint density at radius 1 is 0.914 bits per heavy atom. The highest BCUT2D eigenvalue weighted by Gasteiger charge is 2.31. The van der Waals surface area contributed by atoms with Crippen molar-refractivity contribution in [2.24, 2.45) is 0 Å². The lowest BCUT2D eigenvalue weighted by molar-refractivity contribution is -0.137. The van der Waals surface area contributed by atoms with Crippen molar-refractivity contribution in [3.8, 4) is 22.7 Å². The van der Waals surface area contributed by atoms with Crippen molar-refractivity contribution in [1.82, 2.24) is 19.9 Å². The molecule has 2 aromatic heterocycles. The molecular formula is C25H21F3N4O3. The zero-order valence-electron chi connectivity index (χ0n) is 18.5. The van der Waals surface area contributed by atoms with Gasteiger partial charge in [-0.25, -0.2) is 0 Å². The third-order valence-corrected chi connectivity index (χ3v) is 5.81. The van der Waals surface area contributed by atoms with Crippen molar-refractivity contribution in [3.63, 3.8) is 0 Å². The van der Waals surface area contributed by atoms with E-state index in [1.165, 1.54) is 24.3 Å². The predicted octanol–water partition coefficient (Wildman–Crippen LogP) is 4.97. The minimum atomic E-state index is -4.45. The van der Waals surface area contributed by atoms with Crippen LogP contribution in [-0.4, -0.2) is 52.0 Å². The molecule has 5 rings (SSSR count). The Labute approximate surface area is 198 Å². The summed E-state index contributed by atoms with van der Waals surface area (Å²) in [7, 11) is 0. The van der Waals surface area contributed by atoms with E-state index in [1.807, 2.05) is 30.3 Å². The van der Waals surface area contributed by atoms with Gasteiger partial charge in [0.15, 0.2) is 5.76 Å². The molecule has 0 spiro atoms. The van der Waals surface area contributed by atoms with E-state index >= 15 is 0 Å². The molecule has 1 saturated heterocycles. The maximum absolute atomic E-state index is 13.0. The van der Waals surface area contributed by atoms with Crippen molar-refractivity contribution in [3.05, 3.63) is 83.9 Å². The molecule has 0 unspecified atom stereocenters. The number of amides is 1. The number of alkyl halides is 3. The number of piperazine rings is 1. The lowest BCUT2D eigenvalue weighted by Crippen LogP contribution is -2.48. The van der Waals surface area contributed by atoms with E-state index in [1.54, 1.807) is 4.90 Å². The lowest BCUT2D eigenvalue weighted by Gasteiger charge is -2.33. The third-order valence-electron chi connectivity index (χ3n) is 5.81. The first-order valence-electron chi connectivity index (χ1n) is 11.0. The molecule has 10 heteroatoms. The molecule has 0 saturated carbocycles. The molecule has 7 nitrogen and oxygen atoms in total. The average Bonchev–Trinajstić information content (AvgIpc) is 3.55. The summed E-state index contributed by atoms with van der Waals surface area (Å²) < 4.78 is 50.0. The van der Waals surface area contributed by atoms with Gasteiger partial charge in [-0.15, -0.1) is 0 Å². The molecule has 4 aromatic rings. The maximum atomic E-state index is 13.0. The van der Waals surface area contributed by atoms with E-state index in [0.717, 1.165) is 17.7 Å². The normalized spacial score (nSPS) is 14.9. The van der Waals surface area contributed by atoms with Gasteiger partial charge in [0.05, 0.1) is 12.1 Å². The smallest absolute Gasteiger partial charge is 0.416 e. The summed E-state index contributed by atoms with van der Waals surface area (Å²) in [4.78, 5) is 21.1. The molecule has 0 atom stereocenters. The van der Waals surface area contributed by atoms with Crippen LogP contribution in [0.5, 0.6) is 0 Å². The van der Waals surface area contributed by atoms with Gasteiger partial charge >= 0.3 is 6.18 Å². The Hall–Kier alpha value is -3.92. The zero-order valence-corrected chi connectivity index (χ0v) is 18.5. The number of carbonyl (C=O) groups is 1. The van der Waals surface area contributed by atoms with Gasteiger partial charge in [0, 0.05) is 37.3 Å². The van der Waals surface area contributed by atoms with E-state index in [2.05, 4.69) is 15.0 Å². The summed E-state index contributed by atoms with van der Waals surface area (Å²) in [6.45, 7) is 2.63. The molecular weight excluding hydrogens is 461 g/mol. The number of hydrogen-bond donors (Lipinski definition) is 0.